The van der Waals surface area contributed by atoms with Gasteiger partial charge >= 0.3 is 0 Å². The molecule has 226 valence electrons. The highest BCUT2D eigenvalue weighted by Crippen LogP contribution is 2.24. The topological polar surface area (TPSA) is 133 Å². The molecule has 2 heterocycles. The van der Waals surface area contributed by atoms with Crippen molar-refractivity contribution in [1.82, 2.24) is 25.0 Å². The van der Waals surface area contributed by atoms with Crippen LogP contribution in [0.1, 0.15) is 19.0 Å². The Labute approximate surface area is 254 Å². The van der Waals surface area contributed by atoms with Crippen LogP contribution in [-0.2, 0) is 37.8 Å². The summed E-state index contributed by atoms with van der Waals surface area (Å²) in [5.41, 5.74) is 1.04. The predicted octanol–water partition coefficient (Wildman–Crippen LogP) is 1.55. The minimum absolute atomic E-state index is 0.129. The van der Waals surface area contributed by atoms with E-state index >= 15 is 0 Å². The molecule has 14 heteroatoms. The third kappa shape index (κ3) is 7.77. The van der Waals surface area contributed by atoms with E-state index in [1.165, 1.54) is 29.2 Å². The van der Waals surface area contributed by atoms with Gasteiger partial charge in [0.15, 0.2) is 14.6 Å². The maximum atomic E-state index is 13.4. The van der Waals surface area contributed by atoms with E-state index in [0.717, 1.165) is 21.3 Å². The Morgan fingerprint density at radius 1 is 1.07 bits per heavy atom. The van der Waals surface area contributed by atoms with Gasteiger partial charge in [-0.1, -0.05) is 23.7 Å². The molecule has 1 saturated heterocycles. The molecular weight excluding hydrogens is 600 g/mol. The Bertz CT molecular complexity index is 1650. The van der Waals surface area contributed by atoms with Gasteiger partial charge in [-0.05, 0) is 35.0 Å². The summed E-state index contributed by atoms with van der Waals surface area (Å²) in [6, 6.07) is 9.19. The zero-order chi connectivity index (χ0) is 30.4. The Kier molecular flexibility index (Phi) is 10.4. The highest BCUT2D eigenvalue weighted by molar-refractivity contribution is 7.91. The lowest BCUT2D eigenvalue weighted by Crippen LogP contribution is -2.60. The van der Waals surface area contributed by atoms with Gasteiger partial charge in [0, 0.05) is 82.8 Å². The number of carbonyl (C=O) groups excluding carboxylic acids is 3. The maximum Gasteiger partial charge on any atom is 0.244 e. The number of nitrogens with one attached hydrogen (secondary N) is 2. The summed E-state index contributed by atoms with van der Waals surface area (Å²) in [5.74, 6) is -1.34. The van der Waals surface area contributed by atoms with Crippen molar-refractivity contribution in [2.45, 2.75) is 30.8 Å². The molecule has 0 bridgehead atoms. The molecule has 1 aliphatic heterocycles. The van der Waals surface area contributed by atoms with Crippen molar-refractivity contribution in [3.63, 3.8) is 0 Å². The molecular formula is C28H35ClN6O5S2. The Balaban J connectivity index is 1.46. The molecule has 2 N–H and O–H groups in total. The third-order valence-corrected chi connectivity index (χ3v) is 10.2. The number of thiazole rings is 1. The summed E-state index contributed by atoms with van der Waals surface area (Å²) in [7, 11) is -0.0882. The molecule has 1 unspecified atom stereocenters. The fourth-order valence-corrected chi connectivity index (χ4v) is 7.19. The fourth-order valence-electron chi connectivity index (χ4n) is 4.90. The summed E-state index contributed by atoms with van der Waals surface area (Å²) in [5, 5.41) is 9.57. The second-order valence-electron chi connectivity index (χ2n) is 10.1. The molecule has 3 amide bonds. The number of aromatic nitrogens is 1. The van der Waals surface area contributed by atoms with Gasteiger partial charge in [0.25, 0.3) is 0 Å². The zero-order valence-electron chi connectivity index (χ0n) is 23.8. The molecule has 0 aliphatic carbocycles. The lowest BCUT2D eigenvalue weighted by Gasteiger charge is -2.40. The minimum atomic E-state index is -3.76. The number of piperazine rings is 1. The summed E-state index contributed by atoms with van der Waals surface area (Å²) in [6.45, 7) is 3.52. The van der Waals surface area contributed by atoms with E-state index in [1.54, 1.807) is 37.4 Å². The zero-order valence-corrected chi connectivity index (χ0v) is 26.2. The maximum absolute atomic E-state index is 13.4. The van der Waals surface area contributed by atoms with E-state index in [1.807, 2.05) is 17.0 Å². The second-order valence-corrected chi connectivity index (χ2v) is 13.5. The molecule has 1 aromatic heterocycles. The van der Waals surface area contributed by atoms with Gasteiger partial charge in [0.05, 0.1) is 10.6 Å². The SMILES string of the molecule is C/N=c1\scc(CN2CCN(C(=O)CCS(=O)(=O)c3ccc4cc(Cl)ccc4c3)C(C(=O)NCCNC(C)=O)C2)n1C. The van der Waals surface area contributed by atoms with Crippen LogP contribution >= 0.6 is 22.9 Å². The van der Waals surface area contributed by atoms with Crippen molar-refractivity contribution < 1.29 is 22.8 Å². The summed E-state index contributed by atoms with van der Waals surface area (Å²) in [6.07, 6.45) is -0.252. The van der Waals surface area contributed by atoms with Crippen LogP contribution in [0.25, 0.3) is 10.8 Å². The van der Waals surface area contributed by atoms with E-state index in [2.05, 4.69) is 20.5 Å². The molecule has 0 saturated carbocycles. The largest absolute Gasteiger partial charge is 0.355 e. The molecule has 1 aliphatic rings. The van der Waals surface area contributed by atoms with E-state index < -0.39 is 21.8 Å². The lowest BCUT2D eigenvalue weighted by molar-refractivity contribution is -0.143. The van der Waals surface area contributed by atoms with Crippen molar-refractivity contribution >= 4 is 61.3 Å². The smallest absolute Gasteiger partial charge is 0.244 e. The predicted molar refractivity (Wildman–Crippen MR) is 163 cm³/mol. The molecule has 1 fully saturated rings. The fraction of sp³-hybridized carbons (Fsp3) is 0.429. The summed E-state index contributed by atoms with van der Waals surface area (Å²) < 4.78 is 28.3. The lowest BCUT2D eigenvalue weighted by atomic mass is 10.1. The highest BCUT2D eigenvalue weighted by Gasteiger charge is 2.35. The van der Waals surface area contributed by atoms with E-state index in [4.69, 9.17) is 11.6 Å². The van der Waals surface area contributed by atoms with Crippen molar-refractivity contribution in [2.24, 2.45) is 12.0 Å². The normalized spacial score (nSPS) is 16.5. The van der Waals surface area contributed by atoms with Crippen LogP contribution in [0.5, 0.6) is 0 Å². The number of fused-ring (bicyclic) bond motifs is 1. The molecule has 4 rings (SSSR count). The first kappa shape index (κ1) is 31.7. The number of rotatable bonds is 10. The number of hydrogen-bond donors (Lipinski definition) is 2. The standard InChI is InChI=1S/C28H35ClN6O5S2/c1-19(36)31-9-10-32-27(38)25-17-34(16-23-18-41-28(30-2)33(23)3)11-12-35(25)26(37)8-13-42(39,40)24-7-5-20-14-22(29)6-4-21(20)15-24/h4-7,14-15,18,25H,8-13,16-17H2,1-3H3,(H,31,36)(H,32,38)/b30-28-. The van der Waals surface area contributed by atoms with Crippen LogP contribution < -0.4 is 15.4 Å². The quantitative estimate of drug-likeness (QED) is 0.325. The van der Waals surface area contributed by atoms with Crippen LogP contribution in [0.15, 0.2) is 51.7 Å². The van der Waals surface area contributed by atoms with Gasteiger partial charge < -0.3 is 20.1 Å². The minimum Gasteiger partial charge on any atom is -0.355 e. The van der Waals surface area contributed by atoms with Gasteiger partial charge in [0.2, 0.25) is 17.7 Å². The van der Waals surface area contributed by atoms with Crippen molar-refractivity contribution in [2.75, 3.05) is 45.5 Å². The van der Waals surface area contributed by atoms with Crippen LogP contribution in [0, 0.1) is 0 Å². The van der Waals surface area contributed by atoms with E-state index in [0.29, 0.717) is 18.1 Å². The molecule has 2 aromatic carbocycles. The first-order valence-electron chi connectivity index (χ1n) is 13.5. The first-order valence-corrected chi connectivity index (χ1v) is 16.4. The van der Waals surface area contributed by atoms with Crippen LogP contribution in [-0.4, -0.2) is 92.1 Å². The van der Waals surface area contributed by atoms with Gasteiger partial charge in [-0.15, -0.1) is 11.3 Å². The van der Waals surface area contributed by atoms with Crippen molar-refractivity contribution in [3.8, 4) is 0 Å². The number of nitrogens with zero attached hydrogens (tertiary/aromatic N) is 4. The van der Waals surface area contributed by atoms with Gasteiger partial charge in [-0.2, -0.15) is 0 Å². The number of carbonyl (C=O) groups is 3. The summed E-state index contributed by atoms with van der Waals surface area (Å²) >= 11 is 7.57. The van der Waals surface area contributed by atoms with Crippen molar-refractivity contribution in [3.05, 3.63) is 57.3 Å². The average Bonchev–Trinajstić information content (AvgIpc) is 3.32. The van der Waals surface area contributed by atoms with E-state index in [9.17, 15) is 22.8 Å². The van der Waals surface area contributed by atoms with Crippen LogP contribution in [0.4, 0.5) is 0 Å². The summed E-state index contributed by atoms with van der Waals surface area (Å²) in [4.78, 5) is 46.7. The molecule has 42 heavy (non-hydrogen) atoms. The van der Waals surface area contributed by atoms with Gasteiger partial charge in [-0.3, -0.25) is 24.3 Å². The molecule has 1 atom stereocenters. The molecule has 3 aromatic rings. The molecule has 0 spiro atoms. The van der Waals surface area contributed by atoms with Crippen molar-refractivity contribution in [1.29, 1.82) is 0 Å². The molecule has 11 nitrogen and oxygen atoms in total. The number of benzene rings is 2. The monoisotopic (exact) mass is 634 g/mol. The third-order valence-electron chi connectivity index (χ3n) is 7.20. The highest BCUT2D eigenvalue weighted by atomic mass is 35.5. The van der Waals surface area contributed by atoms with E-state index in [-0.39, 0.29) is 55.1 Å². The van der Waals surface area contributed by atoms with Gasteiger partial charge in [0.1, 0.15) is 6.04 Å². The Hall–Kier alpha value is -3.26. The second kappa shape index (κ2) is 13.8. The Morgan fingerprint density at radius 3 is 2.50 bits per heavy atom. The van der Waals surface area contributed by atoms with Crippen LogP contribution in [0.2, 0.25) is 5.02 Å². The molecule has 0 radical (unpaired) electrons. The van der Waals surface area contributed by atoms with Crippen LogP contribution in [0.3, 0.4) is 0 Å². The number of halogens is 1. The Morgan fingerprint density at radius 2 is 1.79 bits per heavy atom. The first-order chi connectivity index (χ1) is 20.0. The number of hydrogen-bond acceptors (Lipinski definition) is 8. The number of sulfone groups is 1. The van der Waals surface area contributed by atoms with Gasteiger partial charge in [-0.25, -0.2) is 8.42 Å². The number of amides is 3. The average molecular weight is 635 g/mol.